The molecule has 1 N–H and O–H groups in total. The minimum Gasteiger partial charge on any atom is -0.356 e. The van der Waals surface area contributed by atoms with Gasteiger partial charge in [0.15, 0.2) is 0 Å². The number of anilines is 2. The number of fused-ring (bicyclic) bond motifs is 1. The number of rotatable bonds is 1. The largest absolute Gasteiger partial charge is 0.356 e. The van der Waals surface area contributed by atoms with Gasteiger partial charge in [-0.3, -0.25) is 4.79 Å². The number of nitrogens with zero attached hydrogens (tertiary/aromatic N) is 2. The van der Waals surface area contributed by atoms with Crippen molar-refractivity contribution in [1.82, 2.24) is 5.32 Å². The van der Waals surface area contributed by atoms with Crippen molar-refractivity contribution < 1.29 is 4.79 Å². The molecule has 18 heavy (non-hydrogen) atoms. The van der Waals surface area contributed by atoms with Crippen LogP contribution in [0.25, 0.3) is 0 Å². The normalized spacial score (nSPS) is 23.4. The average molecular weight is 310 g/mol. The zero-order valence-electron chi connectivity index (χ0n) is 10.3. The SMILES string of the molecule is CN1C(=O)CN(C2CCNC2)c2ccc(Br)cc21. The molecule has 0 radical (unpaired) electrons. The van der Waals surface area contributed by atoms with Crippen molar-refractivity contribution in [1.29, 1.82) is 0 Å². The van der Waals surface area contributed by atoms with E-state index in [0.29, 0.717) is 12.6 Å². The van der Waals surface area contributed by atoms with E-state index in [1.807, 2.05) is 19.2 Å². The Morgan fingerprint density at radius 2 is 2.22 bits per heavy atom. The van der Waals surface area contributed by atoms with Crippen molar-refractivity contribution in [3.63, 3.8) is 0 Å². The lowest BCUT2D eigenvalue weighted by Gasteiger charge is -2.39. The first kappa shape index (κ1) is 12.0. The van der Waals surface area contributed by atoms with Crippen LogP contribution in [0.3, 0.4) is 0 Å². The predicted molar refractivity (Wildman–Crippen MR) is 76.2 cm³/mol. The Labute approximate surface area is 115 Å². The zero-order valence-corrected chi connectivity index (χ0v) is 11.9. The number of likely N-dealkylation sites (N-methyl/N-ethyl adjacent to an activating group) is 1. The Bertz CT molecular complexity index is 485. The average Bonchev–Trinajstić information content (AvgIpc) is 2.87. The molecular formula is C13H16BrN3O. The number of carbonyl (C=O) groups excluding carboxylic acids is 1. The van der Waals surface area contributed by atoms with Gasteiger partial charge in [-0.25, -0.2) is 0 Å². The lowest BCUT2D eigenvalue weighted by molar-refractivity contribution is -0.117. The van der Waals surface area contributed by atoms with Crippen molar-refractivity contribution >= 4 is 33.2 Å². The van der Waals surface area contributed by atoms with Gasteiger partial charge in [-0.2, -0.15) is 0 Å². The van der Waals surface area contributed by atoms with Crippen LogP contribution in [0.4, 0.5) is 11.4 Å². The van der Waals surface area contributed by atoms with E-state index in [1.165, 1.54) is 0 Å². The van der Waals surface area contributed by atoms with Crippen molar-refractivity contribution in [3.8, 4) is 0 Å². The highest BCUT2D eigenvalue weighted by Gasteiger charge is 2.32. The molecule has 2 aliphatic rings. The standard InChI is InChI=1S/C13H16BrN3O/c1-16-12-6-9(14)2-3-11(12)17(8-13(16)18)10-4-5-15-7-10/h2-3,6,10,15H,4-5,7-8H2,1H3. The van der Waals surface area contributed by atoms with E-state index >= 15 is 0 Å². The van der Waals surface area contributed by atoms with Crippen LogP contribution in [0.5, 0.6) is 0 Å². The van der Waals surface area contributed by atoms with Gasteiger partial charge < -0.3 is 15.1 Å². The fourth-order valence-electron chi connectivity index (χ4n) is 2.71. The first-order valence-corrected chi connectivity index (χ1v) is 6.99. The number of hydrogen-bond acceptors (Lipinski definition) is 3. The van der Waals surface area contributed by atoms with E-state index in [0.717, 1.165) is 35.4 Å². The van der Waals surface area contributed by atoms with Gasteiger partial charge in [0.25, 0.3) is 0 Å². The van der Waals surface area contributed by atoms with E-state index in [-0.39, 0.29) is 5.91 Å². The first-order chi connectivity index (χ1) is 8.66. The topological polar surface area (TPSA) is 35.6 Å². The molecule has 1 fully saturated rings. The summed E-state index contributed by atoms with van der Waals surface area (Å²) in [7, 11) is 1.85. The van der Waals surface area contributed by atoms with Crippen LogP contribution in [0.2, 0.25) is 0 Å². The summed E-state index contributed by atoms with van der Waals surface area (Å²) in [5.74, 6) is 0.160. The summed E-state index contributed by atoms with van der Waals surface area (Å²) in [4.78, 5) is 16.1. The van der Waals surface area contributed by atoms with Crippen molar-refractivity contribution in [2.24, 2.45) is 0 Å². The molecule has 4 nitrogen and oxygen atoms in total. The Kier molecular flexibility index (Phi) is 3.03. The van der Waals surface area contributed by atoms with Gasteiger partial charge in [0, 0.05) is 24.1 Å². The van der Waals surface area contributed by atoms with E-state index in [2.05, 4.69) is 32.2 Å². The molecule has 1 unspecified atom stereocenters. The third-order valence-electron chi connectivity index (χ3n) is 3.76. The molecule has 96 valence electrons. The first-order valence-electron chi connectivity index (χ1n) is 6.20. The van der Waals surface area contributed by atoms with Gasteiger partial charge in [0.05, 0.1) is 17.9 Å². The number of carbonyl (C=O) groups is 1. The smallest absolute Gasteiger partial charge is 0.246 e. The molecule has 1 saturated heterocycles. The Morgan fingerprint density at radius 3 is 2.94 bits per heavy atom. The van der Waals surface area contributed by atoms with Gasteiger partial charge in [0.2, 0.25) is 5.91 Å². The molecule has 0 spiro atoms. The highest BCUT2D eigenvalue weighted by Crippen LogP contribution is 2.36. The van der Waals surface area contributed by atoms with Crippen LogP contribution in [0, 0.1) is 0 Å². The fourth-order valence-corrected chi connectivity index (χ4v) is 3.06. The summed E-state index contributed by atoms with van der Waals surface area (Å²) < 4.78 is 1.01. The number of halogens is 1. The molecule has 2 aliphatic heterocycles. The van der Waals surface area contributed by atoms with Gasteiger partial charge in [-0.05, 0) is 31.2 Å². The Balaban J connectivity index is 2.03. The molecule has 5 heteroatoms. The molecule has 1 aromatic rings. The Morgan fingerprint density at radius 1 is 1.39 bits per heavy atom. The second-order valence-corrected chi connectivity index (χ2v) is 5.78. The van der Waals surface area contributed by atoms with Gasteiger partial charge in [0.1, 0.15) is 0 Å². The summed E-state index contributed by atoms with van der Waals surface area (Å²) in [5.41, 5.74) is 2.15. The lowest BCUT2D eigenvalue weighted by atomic mass is 10.1. The van der Waals surface area contributed by atoms with Gasteiger partial charge >= 0.3 is 0 Å². The highest BCUT2D eigenvalue weighted by atomic mass is 79.9. The fraction of sp³-hybridized carbons (Fsp3) is 0.462. The highest BCUT2D eigenvalue weighted by molar-refractivity contribution is 9.10. The Hall–Kier alpha value is -1.07. The maximum Gasteiger partial charge on any atom is 0.246 e. The van der Waals surface area contributed by atoms with E-state index in [1.54, 1.807) is 4.90 Å². The molecule has 1 aromatic carbocycles. The van der Waals surface area contributed by atoms with Crippen LogP contribution >= 0.6 is 15.9 Å². The molecule has 1 amide bonds. The second kappa shape index (κ2) is 4.55. The van der Waals surface area contributed by atoms with Crippen LogP contribution in [0.1, 0.15) is 6.42 Å². The predicted octanol–water partition coefficient (Wildman–Crippen LogP) is 1.59. The lowest BCUT2D eigenvalue weighted by Crippen LogP contribution is -2.49. The second-order valence-electron chi connectivity index (χ2n) is 4.86. The maximum atomic E-state index is 12.1. The molecule has 3 rings (SSSR count). The van der Waals surface area contributed by atoms with Crippen LogP contribution in [-0.2, 0) is 4.79 Å². The zero-order chi connectivity index (χ0) is 12.7. The molecule has 0 saturated carbocycles. The van der Waals surface area contributed by atoms with E-state index < -0.39 is 0 Å². The van der Waals surface area contributed by atoms with Crippen molar-refractivity contribution in [2.75, 3.05) is 36.5 Å². The summed E-state index contributed by atoms with van der Waals surface area (Å²) in [6, 6.07) is 6.59. The molecule has 0 bridgehead atoms. The minimum atomic E-state index is 0.160. The third kappa shape index (κ3) is 1.91. The quantitative estimate of drug-likeness (QED) is 0.856. The number of nitrogens with one attached hydrogen (secondary N) is 1. The number of hydrogen-bond donors (Lipinski definition) is 1. The molecule has 1 atom stereocenters. The maximum absolute atomic E-state index is 12.1. The monoisotopic (exact) mass is 309 g/mol. The summed E-state index contributed by atoms with van der Waals surface area (Å²) in [6.07, 6.45) is 1.10. The van der Waals surface area contributed by atoms with Crippen LogP contribution < -0.4 is 15.1 Å². The number of amides is 1. The van der Waals surface area contributed by atoms with Crippen molar-refractivity contribution in [3.05, 3.63) is 22.7 Å². The third-order valence-corrected chi connectivity index (χ3v) is 4.26. The number of benzene rings is 1. The summed E-state index contributed by atoms with van der Waals surface area (Å²) >= 11 is 3.47. The van der Waals surface area contributed by atoms with Crippen LogP contribution in [0.15, 0.2) is 22.7 Å². The molecular weight excluding hydrogens is 294 g/mol. The van der Waals surface area contributed by atoms with Gasteiger partial charge in [-0.15, -0.1) is 0 Å². The van der Waals surface area contributed by atoms with Crippen LogP contribution in [-0.4, -0.2) is 38.6 Å². The van der Waals surface area contributed by atoms with Gasteiger partial charge in [-0.1, -0.05) is 15.9 Å². The van der Waals surface area contributed by atoms with Crippen molar-refractivity contribution in [2.45, 2.75) is 12.5 Å². The summed E-state index contributed by atoms with van der Waals surface area (Å²) in [5, 5.41) is 3.36. The molecule has 0 aromatic heterocycles. The molecule has 2 heterocycles. The molecule has 0 aliphatic carbocycles. The van der Waals surface area contributed by atoms with E-state index in [9.17, 15) is 4.79 Å². The summed E-state index contributed by atoms with van der Waals surface area (Å²) in [6.45, 7) is 2.49. The van der Waals surface area contributed by atoms with E-state index in [4.69, 9.17) is 0 Å². The minimum absolute atomic E-state index is 0.160.